The van der Waals surface area contributed by atoms with Crippen molar-refractivity contribution in [3.8, 4) is 5.75 Å². The molecule has 0 bridgehead atoms. The van der Waals surface area contributed by atoms with E-state index in [-0.39, 0.29) is 5.91 Å². The van der Waals surface area contributed by atoms with E-state index in [0.717, 1.165) is 30.1 Å². The SMILES string of the molecule is COc1ccc(CCNc2ccc(NC(=O)c3cccc(C)c3)cn2)cc1. The predicted molar refractivity (Wildman–Crippen MR) is 109 cm³/mol. The molecule has 1 heterocycles. The highest BCUT2D eigenvalue weighted by Crippen LogP contribution is 2.14. The van der Waals surface area contributed by atoms with E-state index >= 15 is 0 Å². The maximum absolute atomic E-state index is 12.3. The van der Waals surface area contributed by atoms with Crippen molar-refractivity contribution in [1.82, 2.24) is 4.98 Å². The molecule has 138 valence electrons. The molecule has 1 aromatic heterocycles. The second kappa shape index (κ2) is 8.85. The lowest BCUT2D eigenvalue weighted by Gasteiger charge is -2.09. The van der Waals surface area contributed by atoms with Gasteiger partial charge in [0.15, 0.2) is 0 Å². The third-order valence-corrected chi connectivity index (χ3v) is 4.18. The lowest BCUT2D eigenvalue weighted by Crippen LogP contribution is -2.12. The van der Waals surface area contributed by atoms with E-state index in [0.29, 0.717) is 11.3 Å². The Bertz CT molecular complexity index is 890. The normalized spacial score (nSPS) is 10.3. The van der Waals surface area contributed by atoms with Crippen LogP contribution >= 0.6 is 0 Å². The number of ether oxygens (including phenoxy) is 1. The van der Waals surface area contributed by atoms with E-state index in [2.05, 4.69) is 27.8 Å². The summed E-state index contributed by atoms with van der Waals surface area (Å²) in [6.07, 6.45) is 2.54. The van der Waals surface area contributed by atoms with Crippen LogP contribution in [0.5, 0.6) is 5.75 Å². The van der Waals surface area contributed by atoms with Gasteiger partial charge in [-0.2, -0.15) is 0 Å². The van der Waals surface area contributed by atoms with Crippen molar-refractivity contribution < 1.29 is 9.53 Å². The molecule has 3 aromatic rings. The average molecular weight is 361 g/mol. The highest BCUT2D eigenvalue weighted by molar-refractivity contribution is 6.04. The van der Waals surface area contributed by atoms with E-state index in [4.69, 9.17) is 4.74 Å². The number of benzene rings is 2. The molecule has 3 rings (SSSR count). The van der Waals surface area contributed by atoms with Crippen LogP contribution in [0.1, 0.15) is 21.5 Å². The molecule has 0 atom stereocenters. The molecule has 5 heteroatoms. The first-order valence-corrected chi connectivity index (χ1v) is 8.85. The number of hydrogen-bond donors (Lipinski definition) is 2. The molecule has 0 aliphatic heterocycles. The summed E-state index contributed by atoms with van der Waals surface area (Å²) in [5.74, 6) is 1.49. The number of pyridine rings is 1. The molecule has 2 aromatic carbocycles. The van der Waals surface area contributed by atoms with Crippen LogP contribution in [0.4, 0.5) is 11.5 Å². The Labute approximate surface area is 159 Å². The summed E-state index contributed by atoms with van der Waals surface area (Å²) in [5.41, 5.74) is 3.58. The van der Waals surface area contributed by atoms with E-state index in [1.165, 1.54) is 5.56 Å². The Morgan fingerprint density at radius 2 is 1.89 bits per heavy atom. The van der Waals surface area contributed by atoms with E-state index < -0.39 is 0 Å². The van der Waals surface area contributed by atoms with Crippen molar-refractivity contribution in [1.29, 1.82) is 0 Å². The van der Waals surface area contributed by atoms with Crippen LogP contribution in [-0.2, 0) is 6.42 Å². The van der Waals surface area contributed by atoms with Crippen LogP contribution in [0.15, 0.2) is 66.9 Å². The minimum Gasteiger partial charge on any atom is -0.497 e. The van der Waals surface area contributed by atoms with Gasteiger partial charge in [-0.05, 0) is 55.3 Å². The van der Waals surface area contributed by atoms with Gasteiger partial charge in [-0.25, -0.2) is 4.98 Å². The van der Waals surface area contributed by atoms with Gasteiger partial charge in [0.1, 0.15) is 11.6 Å². The second-order valence-corrected chi connectivity index (χ2v) is 6.28. The molecule has 0 radical (unpaired) electrons. The second-order valence-electron chi connectivity index (χ2n) is 6.28. The summed E-state index contributed by atoms with van der Waals surface area (Å²) in [6.45, 7) is 2.74. The fourth-order valence-electron chi connectivity index (χ4n) is 2.69. The number of amides is 1. The van der Waals surface area contributed by atoms with Crippen molar-refractivity contribution in [2.24, 2.45) is 0 Å². The number of anilines is 2. The summed E-state index contributed by atoms with van der Waals surface area (Å²) in [7, 11) is 1.66. The third kappa shape index (κ3) is 5.31. The first-order valence-electron chi connectivity index (χ1n) is 8.85. The molecule has 1 amide bonds. The summed E-state index contributed by atoms with van der Waals surface area (Å²) < 4.78 is 5.16. The van der Waals surface area contributed by atoms with E-state index in [9.17, 15) is 4.79 Å². The van der Waals surface area contributed by atoms with Crippen LogP contribution in [-0.4, -0.2) is 24.5 Å². The first kappa shape index (κ1) is 18.5. The van der Waals surface area contributed by atoms with Gasteiger partial charge in [-0.1, -0.05) is 29.8 Å². The quantitative estimate of drug-likeness (QED) is 0.658. The van der Waals surface area contributed by atoms with E-state index in [1.54, 1.807) is 19.4 Å². The maximum Gasteiger partial charge on any atom is 0.255 e. The minimum absolute atomic E-state index is 0.138. The number of hydrogen-bond acceptors (Lipinski definition) is 4. The number of carbonyl (C=O) groups is 1. The smallest absolute Gasteiger partial charge is 0.255 e. The molecule has 27 heavy (non-hydrogen) atoms. The number of carbonyl (C=O) groups excluding carboxylic acids is 1. The number of rotatable bonds is 7. The monoisotopic (exact) mass is 361 g/mol. The zero-order valence-corrected chi connectivity index (χ0v) is 15.5. The molecule has 2 N–H and O–H groups in total. The van der Waals surface area contributed by atoms with Gasteiger partial charge in [0.25, 0.3) is 5.91 Å². The van der Waals surface area contributed by atoms with Crippen molar-refractivity contribution >= 4 is 17.4 Å². The van der Waals surface area contributed by atoms with Crippen LogP contribution in [0.3, 0.4) is 0 Å². The molecule has 0 saturated carbocycles. The number of methoxy groups -OCH3 is 1. The van der Waals surface area contributed by atoms with Gasteiger partial charge in [0.2, 0.25) is 0 Å². The molecule has 0 spiro atoms. The maximum atomic E-state index is 12.3. The van der Waals surface area contributed by atoms with Crippen molar-refractivity contribution in [2.75, 3.05) is 24.3 Å². The summed E-state index contributed by atoms with van der Waals surface area (Å²) in [4.78, 5) is 16.6. The Morgan fingerprint density at radius 3 is 2.56 bits per heavy atom. The summed E-state index contributed by atoms with van der Waals surface area (Å²) in [6, 6.07) is 19.2. The lowest BCUT2D eigenvalue weighted by molar-refractivity contribution is 0.102. The summed E-state index contributed by atoms with van der Waals surface area (Å²) in [5, 5.41) is 6.15. The topological polar surface area (TPSA) is 63.2 Å². The molecular formula is C22H23N3O2. The van der Waals surface area contributed by atoms with Crippen LogP contribution in [0.25, 0.3) is 0 Å². The molecule has 5 nitrogen and oxygen atoms in total. The van der Waals surface area contributed by atoms with Crippen LogP contribution in [0.2, 0.25) is 0 Å². The minimum atomic E-state index is -0.138. The third-order valence-electron chi connectivity index (χ3n) is 4.18. The van der Waals surface area contributed by atoms with Crippen LogP contribution in [0, 0.1) is 6.92 Å². The number of nitrogens with one attached hydrogen (secondary N) is 2. The van der Waals surface area contributed by atoms with Gasteiger partial charge in [0.05, 0.1) is 19.0 Å². The van der Waals surface area contributed by atoms with Crippen molar-refractivity contribution in [2.45, 2.75) is 13.3 Å². The van der Waals surface area contributed by atoms with Gasteiger partial charge in [0, 0.05) is 12.1 Å². The number of aryl methyl sites for hydroxylation is 1. The fourth-order valence-corrected chi connectivity index (χ4v) is 2.69. The van der Waals surface area contributed by atoms with Gasteiger partial charge < -0.3 is 15.4 Å². The fraction of sp³-hybridized carbons (Fsp3) is 0.182. The zero-order valence-electron chi connectivity index (χ0n) is 15.5. The van der Waals surface area contributed by atoms with Gasteiger partial charge in [-0.3, -0.25) is 4.79 Å². The van der Waals surface area contributed by atoms with Gasteiger partial charge >= 0.3 is 0 Å². The molecule has 0 aliphatic carbocycles. The van der Waals surface area contributed by atoms with Gasteiger partial charge in [-0.15, -0.1) is 0 Å². The largest absolute Gasteiger partial charge is 0.497 e. The Morgan fingerprint density at radius 1 is 1.07 bits per heavy atom. The summed E-state index contributed by atoms with van der Waals surface area (Å²) >= 11 is 0. The Kier molecular flexibility index (Phi) is 6.05. The number of aromatic nitrogens is 1. The number of nitrogens with zero attached hydrogens (tertiary/aromatic N) is 1. The molecular weight excluding hydrogens is 338 g/mol. The zero-order chi connectivity index (χ0) is 19.1. The lowest BCUT2D eigenvalue weighted by atomic mass is 10.1. The van der Waals surface area contributed by atoms with Crippen molar-refractivity contribution in [3.63, 3.8) is 0 Å². The highest BCUT2D eigenvalue weighted by atomic mass is 16.5. The Balaban J connectivity index is 1.50. The molecule has 0 unspecified atom stereocenters. The first-order chi connectivity index (χ1) is 13.1. The van der Waals surface area contributed by atoms with Crippen molar-refractivity contribution in [3.05, 3.63) is 83.6 Å². The molecule has 0 fully saturated rings. The highest BCUT2D eigenvalue weighted by Gasteiger charge is 2.06. The predicted octanol–water partition coefficient (Wildman–Crippen LogP) is 4.31. The Hall–Kier alpha value is -3.34. The standard InChI is InChI=1S/C22H23N3O2/c1-16-4-3-5-18(14-16)22(26)25-19-8-11-21(24-15-19)23-13-12-17-6-9-20(27-2)10-7-17/h3-11,14-15H,12-13H2,1-2H3,(H,23,24)(H,25,26). The molecule has 0 aliphatic rings. The average Bonchev–Trinajstić information content (AvgIpc) is 2.70. The van der Waals surface area contributed by atoms with Crippen LogP contribution < -0.4 is 15.4 Å². The van der Waals surface area contributed by atoms with E-state index in [1.807, 2.05) is 49.4 Å². The molecule has 0 saturated heterocycles.